The largest absolute Gasteiger partial charge is 0.339 e. The number of benzene rings is 1. The molecule has 1 unspecified atom stereocenters. The Morgan fingerprint density at radius 2 is 2.03 bits per heavy atom. The first-order valence-corrected chi connectivity index (χ1v) is 10.6. The van der Waals surface area contributed by atoms with Crippen LogP contribution in [-0.2, 0) is 13.0 Å². The minimum Gasteiger partial charge on any atom is -0.339 e. The van der Waals surface area contributed by atoms with Gasteiger partial charge in [-0.15, -0.1) is 0 Å². The number of halogens is 3. The fraction of sp³-hybridized carbons (Fsp3) is 0.381. The van der Waals surface area contributed by atoms with Gasteiger partial charge in [-0.1, -0.05) is 29.3 Å². The second-order valence-corrected chi connectivity index (χ2v) is 9.41. The van der Waals surface area contributed by atoms with E-state index in [-0.39, 0.29) is 24.3 Å². The van der Waals surface area contributed by atoms with Crippen molar-refractivity contribution in [3.63, 3.8) is 0 Å². The number of amides is 2. The molecule has 0 spiro atoms. The van der Waals surface area contributed by atoms with Gasteiger partial charge in [-0.25, -0.2) is 9.78 Å². The van der Waals surface area contributed by atoms with Gasteiger partial charge in [0.05, 0.1) is 18.1 Å². The number of hydrogen-bond acceptors (Lipinski definition) is 4. The Kier molecular flexibility index (Phi) is 5.81. The van der Waals surface area contributed by atoms with Crippen molar-refractivity contribution in [2.24, 2.45) is 5.73 Å². The van der Waals surface area contributed by atoms with Gasteiger partial charge in [-0.2, -0.15) is 9.37 Å². The van der Waals surface area contributed by atoms with Crippen molar-refractivity contribution in [1.82, 2.24) is 24.8 Å². The van der Waals surface area contributed by atoms with E-state index in [9.17, 15) is 9.18 Å². The smallest absolute Gasteiger partial charge is 0.320 e. The first kappa shape index (κ1) is 21.8. The molecule has 3 heterocycles. The summed E-state index contributed by atoms with van der Waals surface area (Å²) in [4.78, 5) is 27.9. The fourth-order valence-electron chi connectivity index (χ4n) is 3.83. The van der Waals surface area contributed by atoms with E-state index in [2.05, 4.69) is 15.0 Å². The number of hydrogen-bond donors (Lipinski definition) is 2. The second-order valence-electron chi connectivity index (χ2n) is 8.56. The van der Waals surface area contributed by atoms with Crippen LogP contribution in [0.1, 0.15) is 25.2 Å². The van der Waals surface area contributed by atoms with Crippen LogP contribution in [0.25, 0.3) is 11.2 Å². The van der Waals surface area contributed by atoms with Crippen LogP contribution in [0.15, 0.2) is 30.3 Å². The van der Waals surface area contributed by atoms with E-state index in [0.29, 0.717) is 40.9 Å². The molecule has 10 heteroatoms. The van der Waals surface area contributed by atoms with Crippen LogP contribution in [0.2, 0.25) is 10.0 Å². The molecule has 4 rings (SSSR count). The third kappa shape index (κ3) is 4.92. The van der Waals surface area contributed by atoms with Gasteiger partial charge in [-0.3, -0.25) is 0 Å². The van der Waals surface area contributed by atoms with Gasteiger partial charge in [0.25, 0.3) is 0 Å². The van der Waals surface area contributed by atoms with Crippen molar-refractivity contribution >= 4 is 40.4 Å². The zero-order chi connectivity index (χ0) is 22.3. The van der Waals surface area contributed by atoms with E-state index >= 15 is 0 Å². The Hall–Kier alpha value is -2.42. The summed E-state index contributed by atoms with van der Waals surface area (Å²) in [5.74, 6) is -0.0577. The van der Waals surface area contributed by atoms with Gasteiger partial charge < -0.3 is 20.5 Å². The van der Waals surface area contributed by atoms with Crippen LogP contribution >= 0.6 is 23.2 Å². The minimum atomic E-state index is -0.598. The highest BCUT2D eigenvalue weighted by Gasteiger charge is 2.39. The van der Waals surface area contributed by atoms with Crippen LogP contribution < -0.4 is 5.73 Å². The SMILES string of the molecule is CC(C)(N)CN1C(=O)N(Cc2nc3nc(F)ccc3[nH]2)CC1Cc1ccc(Cl)cc1Cl. The lowest BCUT2D eigenvalue weighted by atomic mass is 10.0. The number of carbonyl (C=O) groups excluding carboxylic acids is 1. The van der Waals surface area contributed by atoms with Gasteiger partial charge >= 0.3 is 6.03 Å². The molecule has 31 heavy (non-hydrogen) atoms. The summed E-state index contributed by atoms with van der Waals surface area (Å²) >= 11 is 12.4. The van der Waals surface area contributed by atoms with Crippen molar-refractivity contribution in [3.8, 4) is 0 Å². The summed E-state index contributed by atoms with van der Waals surface area (Å²) < 4.78 is 13.4. The van der Waals surface area contributed by atoms with E-state index in [1.165, 1.54) is 6.07 Å². The number of imidazole rings is 1. The molecule has 3 N–H and O–H groups in total. The van der Waals surface area contributed by atoms with Crippen LogP contribution in [0.5, 0.6) is 0 Å². The van der Waals surface area contributed by atoms with Crippen LogP contribution in [-0.4, -0.2) is 55.5 Å². The zero-order valence-electron chi connectivity index (χ0n) is 17.2. The summed E-state index contributed by atoms with van der Waals surface area (Å²) in [6.45, 7) is 4.89. The number of aromatic amines is 1. The molecule has 2 amide bonds. The molecule has 3 aromatic rings. The summed E-state index contributed by atoms with van der Waals surface area (Å²) in [5.41, 5.74) is 7.48. The lowest BCUT2D eigenvalue weighted by Gasteiger charge is -2.30. The van der Waals surface area contributed by atoms with Crippen molar-refractivity contribution in [2.45, 2.75) is 38.4 Å². The number of urea groups is 1. The lowest BCUT2D eigenvalue weighted by Crippen LogP contribution is -2.49. The number of carbonyl (C=O) groups is 1. The molecule has 164 valence electrons. The molecule has 1 aromatic carbocycles. The maximum atomic E-state index is 13.4. The molecule has 1 aliphatic heterocycles. The predicted octanol–water partition coefficient (Wildman–Crippen LogP) is 3.99. The molecule has 0 bridgehead atoms. The molecular formula is C21H23Cl2FN6O. The molecule has 1 fully saturated rings. The quantitative estimate of drug-likeness (QED) is 0.539. The Morgan fingerprint density at radius 3 is 2.74 bits per heavy atom. The normalized spacial score (nSPS) is 17.2. The minimum absolute atomic E-state index is 0.117. The molecule has 2 aromatic heterocycles. The molecule has 0 aliphatic carbocycles. The number of H-pyrrole nitrogens is 1. The van der Waals surface area contributed by atoms with Crippen molar-refractivity contribution in [3.05, 3.63) is 57.7 Å². The Balaban J connectivity index is 1.57. The molecule has 1 atom stereocenters. The highest BCUT2D eigenvalue weighted by Crippen LogP contribution is 2.27. The van der Waals surface area contributed by atoms with Crippen LogP contribution in [0.4, 0.5) is 9.18 Å². The Labute approximate surface area is 189 Å². The number of nitrogens with zero attached hydrogens (tertiary/aromatic N) is 4. The second kappa shape index (κ2) is 8.26. The van der Waals surface area contributed by atoms with Crippen LogP contribution in [0.3, 0.4) is 0 Å². The summed E-state index contributed by atoms with van der Waals surface area (Å²) in [7, 11) is 0. The van der Waals surface area contributed by atoms with E-state index in [1.54, 1.807) is 28.0 Å². The molecule has 1 saturated heterocycles. The predicted molar refractivity (Wildman–Crippen MR) is 119 cm³/mol. The van der Waals surface area contributed by atoms with E-state index in [4.69, 9.17) is 28.9 Å². The topological polar surface area (TPSA) is 91.1 Å². The first-order chi connectivity index (χ1) is 14.6. The molecule has 0 saturated carbocycles. The molecule has 7 nitrogen and oxygen atoms in total. The van der Waals surface area contributed by atoms with Gasteiger partial charge in [0.2, 0.25) is 5.95 Å². The van der Waals surface area contributed by atoms with E-state index in [0.717, 1.165) is 5.56 Å². The average molecular weight is 465 g/mol. The van der Waals surface area contributed by atoms with Crippen molar-refractivity contribution in [2.75, 3.05) is 13.1 Å². The van der Waals surface area contributed by atoms with Gasteiger partial charge in [0, 0.05) is 28.7 Å². The molecular weight excluding hydrogens is 442 g/mol. The number of nitrogens with two attached hydrogens (primary N) is 1. The zero-order valence-corrected chi connectivity index (χ0v) is 18.7. The number of fused-ring (bicyclic) bond motifs is 1. The fourth-order valence-corrected chi connectivity index (χ4v) is 4.31. The van der Waals surface area contributed by atoms with Crippen molar-refractivity contribution < 1.29 is 9.18 Å². The van der Waals surface area contributed by atoms with Gasteiger partial charge in [-0.05, 0) is 50.1 Å². The molecule has 1 aliphatic rings. The number of rotatable bonds is 6. The third-order valence-electron chi connectivity index (χ3n) is 5.14. The number of nitrogens with one attached hydrogen (secondary N) is 1. The lowest BCUT2D eigenvalue weighted by molar-refractivity contribution is 0.174. The summed E-state index contributed by atoms with van der Waals surface area (Å²) in [6, 6.07) is 7.96. The highest BCUT2D eigenvalue weighted by atomic mass is 35.5. The number of pyridine rings is 1. The van der Waals surface area contributed by atoms with Crippen molar-refractivity contribution in [1.29, 1.82) is 0 Å². The maximum absolute atomic E-state index is 13.4. The highest BCUT2D eigenvalue weighted by molar-refractivity contribution is 6.35. The molecule has 0 radical (unpaired) electrons. The van der Waals surface area contributed by atoms with E-state index in [1.807, 2.05) is 19.9 Å². The first-order valence-electron chi connectivity index (χ1n) is 9.88. The average Bonchev–Trinajstić information content (AvgIpc) is 3.18. The van der Waals surface area contributed by atoms with Crippen LogP contribution in [0, 0.1) is 5.95 Å². The van der Waals surface area contributed by atoms with Gasteiger partial charge in [0.15, 0.2) is 5.65 Å². The van der Waals surface area contributed by atoms with Gasteiger partial charge in [0.1, 0.15) is 5.82 Å². The van der Waals surface area contributed by atoms with E-state index < -0.39 is 11.5 Å². The Bertz CT molecular complexity index is 1130. The summed E-state index contributed by atoms with van der Waals surface area (Å²) in [6.07, 6.45) is 0.571. The third-order valence-corrected chi connectivity index (χ3v) is 5.73. The monoisotopic (exact) mass is 464 g/mol. The number of aromatic nitrogens is 3. The Morgan fingerprint density at radius 1 is 1.26 bits per heavy atom. The summed E-state index contributed by atoms with van der Waals surface area (Å²) in [5, 5.41) is 1.13. The maximum Gasteiger partial charge on any atom is 0.320 e. The standard InChI is InChI=1S/C21H23Cl2FN6O/c1-21(2,25)11-30-14(7-12-3-4-13(22)8-15(12)23)9-29(20(30)31)10-18-26-16-5-6-17(24)27-19(16)28-18/h3-6,8,14H,7,9-11,25H2,1-2H3,(H,26,27,28).